The minimum atomic E-state index is -0.102. The Morgan fingerprint density at radius 1 is 1.32 bits per heavy atom. The molecule has 0 fully saturated rings. The third-order valence-electron chi connectivity index (χ3n) is 3.04. The first-order valence-electron chi connectivity index (χ1n) is 6.24. The number of nitrogens with two attached hydrogens (primary N) is 1. The molecular formula is C15H16BrClN2. The maximum Gasteiger partial charge on any atom is 0.0422 e. The van der Waals surface area contributed by atoms with Crippen molar-refractivity contribution in [1.29, 1.82) is 0 Å². The van der Waals surface area contributed by atoms with E-state index < -0.39 is 0 Å². The van der Waals surface area contributed by atoms with Crippen molar-refractivity contribution in [1.82, 2.24) is 4.98 Å². The Bertz CT molecular complexity index is 534. The predicted octanol–water partition coefficient (Wildman–Crippen LogP) is 4.30. The van der Waals surface area contributed by atoms with E-state index in [9.17, 15) is 0 Å². The van der Waals surface area contributed by atoms with E-state index in [1.807, 2.05) is 30.5 Å². The Balaban J connectivity index is 2.13. The molecule has 2 N–H and O–H groups in total. The van der Waals surface area contributed by atoms with Gasteiger partial charge in [0.2, 0.25) is 0 Å². The minimum absolute atomic E-state index is 0.102. The molecule has 0 saturated heterocycles. The largest absolute Gasteiger partial charge is 0.324 e. The molecule has 1 aromatic heterocycles. The van der Waals surface area contributed by atoms with Gasteiger partial charge < -0.3 is 5.73 Å². The molecule has 0 spiro atoms. The Morgan fingerprint density at radius 3 is 2.68 bits per heavy atom. The quantitative estimate of drug-likeness (QED) is 0.902. The van der Waals surface area contributed by atoms with Crippen molar-refractivity contribution < 1.29 is 0 Å². The molecule has 2 nitrogen and oxygen atoms in total. The van der Waals surface area contributed by atoms with Crippen LogP contribution >= 0.6 is 27.5 Å². The summed E-state index contributed by atoms with van der Waals surface area (Å²) in [6.07, 6.45) is 3.62. The van der Waals surface area contributed by atoms with Gasteiger partial charge >= 0.3 is 0 Å². The number of rotatable bonds is 4. The minimum Gasteiger partial charge on any atom is -0.324 e. The summed E-state index contributed by atoms with van der Waals surface area (Å²) >= 11 is 9.47. The van der Waals surface area contributed by atoms with Crippen molar-refractivity contribution in [2.75, 3.05) is 0 Å². The summed E-state index contributed by atoms with van der Waals surface area (Å²) < 4.78 is 0.944. The highest BCUT2D eigenvalue weighted by molar-refractivity contribution is 9.10. The zero-order chi connectivity index (χ0) is 13.8. The second kappa shape index (κ2) is 6.51. The van der Waals surface area contributed by atoms with Gasteiger partial charge in [0.05, 0.1) is 0 Å². The Labute approximate surface area is 127 Å². The van der Waals surface area contributed by atoms with Crippen LogP contribution in [0.25, 0.3) is 0 Å². The van der Waals surface area contributed by atoms with E-state index in [2.05, 4.69) is 33.9 Å². The van der Waals surface area contributed by atoms with Crippen LogP contribution in [0.1, 0.15) is 29.8 Å². The van der Waals surface area contributed by atoms with Crippen molar-refractivity contribution in [2.45, 2.75) is 25.8 Å². The van der Waals surface area contributed by atoms with Crippen molar-refractivity contribution in [3.8, 4) is 0 Å². The first-order valence-corrected chi connectivity index (χ1v) is 7.41. The van der Waals surface area contributed by atoms with Crippen LogP contribution in [0.4, 0.5) is 0 Å². The van der Waals surface area contributed by atoms with E-state index in [0.29, 0.717) is 11.4 Å². The molecule has 2 rings (SSSR count). The van der Waals surface area contributed by atoms with Gasteiger partial charge in [0, 0.05) is 33.8 Å². The van der Waals surface area contributed by atoms with Gasteiger partial charge in [-0.2, -0.15) is 0 Å². The fourth-order valence-corrected chi connectivity index (χ4v) is 2.80. The SMILES string of the molecule is CCc1ccc(CC(N)c2cc(Cl)cc(Br)c2)nc1. The third kappa shape index (κ3) is 4.03. The normalized spacial score (nSPS) is 12.4. The summed E-state index contributed by atoms with van der Waals surface area (Å²) in [5.41, 5.74) is 9.47. The number of hydrogen-bond acceptors (Lipinski definition) is 2. The van der Waals surface area contributed by atoms with Crippen LogP contribution in [0.2, 0.25) is 5.02 Å². The monoisotopic (exact) mass is 338 g/mol. The van der Waals surface area contributed by atoms with E-state index in [0.717, 1.165) is 22.2 Å². The zero-order valence-electron chi connectivity index (χ0n) is 10.7. The highest BCUT2D eigenvalue weighted by Gasteiger charge is 2.09. The lowest BCUT2D eigenvalue weighted by Crippen LogP contribution is -2.14. The van der Waals surface area contributed by atoms with E-state index in [4.69, 9.17) is 17.3 Å². The third-order valence-corrected chi connectivity index (χ3v) is 3.71. The van der Waals surface area contributed by atoms with Gasteiger partial charge in [-0.3, -0.25) is 4.98 Å². The van der Waals surface area contributed by atoms with Gasteiger partial charge in [0.25, 0.3) is 0 Å². The maximum absolute atomic E-state index is 6.22. The van der Waals surface area contributed by atoms with Crippen molar-refractivity contribution >= 4 is 27.5 Å². The van der Waals surface area contributed by atoms with Gasteiger partial charge in [0.15, 0.2) is 0 Å². The Hall–Kier alpha value is -0.900. The molecule has 0 aliphatic heterocycles. The number of pyridine rings is 1. The summed E-state index contributed by atoms with van der Waals surface area (Å²) in [6, 6.07) is 9.79. The average Bonchev–Trinajstić information content (AvgIpc) is 2.38. The second-order valence-corrected chi connectivity index (χ2v) is 5.88. The van der Waals surface area contributed by atoms with Gasteiger partial charge in [0.1, 0.15) is 0 Å². The zero-order valence-corrected chi connectivity index (χ0v) is 13.1. The lowest BCUT2D eigenvalue weighted by Gasteiger charge is -2.13. The molecule has 1 unspecified atom stereocenters. The molecule has 1 heterocycles. The number of nitrogens with zero attached hydrogens (tertiary/aromatic N) is 1. The van der Waals surface area contributed by atoms with Gasteiger partial charge in [-0.25, -0.2) is 0 Å². The Kier molecular flexibility index (Phi) is 4.97. The molecule has 0 amide bonds. The molecule has 19 heavy (non-hydrogen) atoms. The smallest absolute Gasteiger partial charge is 0.0422 e. The molecule has 0 aliphatic carbocycles. The van der Waals surface area contributed by atoms with E-state index in [1.165, 1.54) is 5.56 Å². The lowest BCUT2D eigenvalue weighted by molar-refractivity contribution is 0.705. The summed E-state index contributed by atoms with van der Waals surface area (Å²) in [5.74, 6) is 0. The molecular weight excluding hydrogens is 324 g/mol. The second-order valence-electron chi connectivity index (χ2n) is 4.52. The molecule has 4 heteroatoms. The molecule has 1 aromatic carbocycles. The summed E-state index contributed by atoms with van der Waals surface area (Å²) in [6.45, 7) is 2.12. The van der Waals surface area contributed by atoms with Crippen LogP contribution in [-0.4, -0.2) is 4.98 Å². The molecule has 0 saturated carbocycles. The van der Waals surface area contributed by atoms with E-state index in [1.54, 1.807) is 0 Å². The average molecular weight is 340 g/mol. The number of benzene rings is 1. The first kappa shape index (κ1) is 14.5. The molecule has 1 atom stereocenters. The molecule has 100 valence electrons. The van der Waals surface area contributed by atoms with Crippen LogP contribution in [0.15, 0.2) is 41.0 Å². The van der Waals surface area contributed by atoms with Crippen molar-refractivity contribution in [3.63, 3.8) is 0 Å². The fourth-order valence-electron chi connectivity index (χ4n) is 1.92. The van der Waals surface area contributed by atoms with Crippen molar-refractivity contribution in [3.05, 3.63) is 62.8 Å². The predicted molar refractivity (Wildman–Crippen MR) is 83.4 cm³/mol. The van der Waals surface area contributed by atoms with Crippen molar-refractivity contribution in [2.24, 2.45) is 5.73 Å². The lowest BCUT2D eigenvalue weighted by atomic mass is 10.0. The highest BCUT2D eigenvalue weighted by Crippen LogP contribution is 2.24. The van der Waals surface area contributed by atoms with E-state index in [-0.39, 0.29) is 6.04 Å². The number of hydrogen-bond donors (Lipinski definition) is 1. The summed E-state index contributed by atoms with van der Waals surface area (Å²) in [4.78, 5) is 4.44. The highest BCUT2D eigenvalue weighted by atomic mass is 79.9. The van der Waals surface area contributed by atoms with Crippen LogP contribution in [0.3, 0.4) is 0 Å². The first-order chi connectivity index (χ1) is 9.08. The van der Waals surface area contributed by atoms with Gasteiger partial charge in [-0.1, -0.05) is 40.5 Å². The number of halogens is 2. The van der Waals surface area contributed by atoms with Crippen LogP contribution in [0.5, 0.6) is 0 Å². The summed E-state index contributed by atoms with van der Waals surface area (Å²) in [5, 5.41) is 0.689. The fraction of sp³-hybridized carbons (Fsp3) is 0.267. The van der Waals surface area contributed by atoms with Gasteiger partial charge in [-0.15, -0.1) is 0 Å². The maximum atomic E-state index is 6.22. The number of aryl methyl sites for hydroxylation is 1. The topological polar surface area (TPSA) is 38.9 Å². The molecule has 2 aromatic rings. The van der Waals surface area contributed by atoms with Crippen LogP contribution in [0, 0.1) is 0 Å². The standard InChI is InChI=1S/C15H16BrClN2/c1-2-10-3-4-14(19-9-10)8-15(18)11-5-12(16)7-13(17)6-11/h3-7,9,15H,2,8,18H2,1H3. The summed E-state index contributed by atoms with van der Waals surface area (Å²) in [7, 11) is 0. The molecule has 0 radical (unpaired) electrons. The number of aromatic nitrogens is 1. The molecule has 0 bridgehead atoms. The van der Waals surface area contributed by atoms with E-state index >= 15 is 0 Å². The molecule has 0 aliphatic rings. The van der Waals surface area contributed by atoms with Crippen LogP contribution < -0.4 is 5.73 Å². The Morgan fingerprint density at radius 2 is 2.11 bits per heavy atom. The van der Waals surface area contributed by atoms with Gasteiger partial charge in [-0.05, 0) is 41.8 Å². The van der Waals surface area contributed by atoms with Crippen LogP contribution in [-0.2, 0) is 12.8 Å².